The van der Waals surface area contributed by atoms with Crippen molar-refractivity contribution in [3.8, 4) is 11.5 Å². The van der Waals surface area contributed by atoms with Crippen LogP contribution in [0.15, 0.2) is 90.1 Å². The number of benzene rings is 3. The van der Waals surface area contributed by atoms with Crippen LogP contribution in [0.2, 0.25) is 0 Å². The van der Waals surface area contributed by atoms with E-state index in [1.165, 1.54) is 12.1 Å². The van der Waals surface area contributed by atoms with E-state index < -0.39 is 17.9 Å². The summed E-state index contributed by atoms with van der Waals surface area (Å²) in [4.78, 5) is 41.9. The summed E-state index contributed by atoms with van der Waals surface area (Å²) in [6.45, 7) is 2.38. The third kappa shape index (κ3) is 3.69. The number of rotatable bonds is 7. The topological polar surface area (TPSA) is 88.2 Å². The number of carbonyl (C=O) groups is 3. The number of allylic oxidation sites excluding steroid dienone is 1. The molecule has 1 N–H and O–H groups in total. The van der Waals surface area contributed by atoms with E-state index in [4.69, 9.17) is 9.47 Å². The molecule has 2 heterocycles. The van der Waals surface area contributed by atoms with Crippen LogP contribution in [0.3, 0.4) is 0 Å². The fraction of sp³-hybridized carbons (Fsp3) is 0.148. The number of imide groups is 1. The number of nitrogens with one attached hydrogen (secondary N) is 1. The first-order valence-corrected chi connectivity index (χ1v) is 11.2. The Kier molecular flexibility index (Phi) is 5.70. The van der Waals surface area contributed by atoms with Gasteiger partial charge in [-0.15, -0.1) is 0 Å². The number of fused-ring (bicyclic) bond motifs is 1. The maximum Gasteiger partial charge on any atom is 0.266 e. The van der Waals surface area contributed by atoms with Crippen LogP contribution in [-0.4, -0.2) is 37.4 Å². The number of nitrogens with zero attached hydrogens (tertiary/aromatic N) is 2. The van der Waals surface area contributed by atoms with Gasteiger partial charge in [0.15, 0.2) is 6.04 Å². The summed E-state index contributed by atoms with van der Waals surface area (Å²) in [5, 5.41) is 1.53. The van der Waals surface area contributed by atoms with Crippen molar-refractivity contribution >= 4 is 29.0 Å². The fourth-order valence-electron chi connectivity index (χ4n) is 4.35. The molecule has 1 saturated heterocycles. The van der Waals surface area contributed by atoms with Crippen molar-refractivity contribution in [2.75, 3.05) is 23.6 Å². The number of carbonyl (C=O) groups excluding carboxylic acids is 3. The molecule has 5 rings (SSSR count). The van der Waals surface area contributed by atoms with Crippen LogP contribution in [0, 0.1) is 0 Å². The molecule has 1 atom stereocenters. The van der Waals surface area contributed by atoms with E-state index in [9.17, 15) is 14.4 Å². The Balaban J connectivity index is 1.61. The van der Waals surface area contributed by atoms with Gasteiger partial charge in [0, 0.05) is 5.56 Å². The van der Waals surface area contributed by atoms with E-state index >= 15 is 0 Å². The molecule has 3 aromatic rings. The molecule has 2 aliphatic heterocycles. The van der Waals surface area contributed by atoms with Crippen LogP contribution in [0.25, 0.3) is 0 Å². The summed E-state index contributed by atoms with van der Waals surface area (Å²) >= 11 is 0. The number of Topliss-reactive ketones (excluding diaryl/α,β-unsaturated/α-hetero) is 1. The third-order valence-corrected chi connectivity index (χ3v) is 5.93. The van der Waals surface area contributed by atoms with Gasteiger partial charge in [0.2, 0.25) is 5.78 Å². The fourth-order valence-corrected chi connectivity index (χ4v) is 4.35. The Hall–Kier alpha value is -4.59. The van der Waals surface area contributed by atoms with E-state index in [1.54, 1.807) is 78.9 Å². The van der Waals surface area contributed by atoms with E-state index in [2.05, 4.69) is 5.43 Å². The standard InChI is InChI=1S/C27H23N3O5/c1-3-35-19-15-13-18(14-16-19)29-26(32)22-23(25(31)17-9-5-4-6-10-17)28-30(24(22)27(29)33)20-11-7-8-12-21(20)34-2/h4-16,24,28H,3H2,1-2H3. The molecular formula is C27H23N3O5. The van der Waals surface area contributed by atoms with Crippen LogP contribution < -0.4 is 24.8 Å². The zero-order valence-corrected chi connectivity index (χ0v) is 19.2. The SMILES string of the molecule is CCOc1ccc(N2C(=O)C3=C(C(=O)c4ccccc4)NN(c4ccccc4OC)C3C2=O)cc1. The smallest absolute Gasteiger partial charge is 0.266 e. The summed E-state index contributed by atoms with van der Waals surface area (Å²) in [7, 11) is 1.52. The molecule has 1 fully saturated rings. The minimum absolute atomic E-state index is 0.0684. The second-order valence-corrected chi connectivity index (χ2v) is 7.95. The van der Waals surface area contributed by atoms with E-state index in [0.717, 1.165) is 4.90 Å². The first-order valence-electron chi connectivity index (χ1n) is 11.2. The highest BCUT2D eigenvalue weighted by Gasteiger charge is 2.54. The van der Waals surface area contributed by atoms with E-state index in [0.29, 0.717) is 35.0 Å². The molecule has 0 radical (unpaired) electrons. The number of amides is 2. The zero-order valence-electron chi connectivity index (χ0n) is 19.2. The van der Waals surface area contributed by atoms with Crippen LogP contribution in [-0.2, 0) is 9.59 Å². The van der Waals surface area contributed by atoms with Gasteiger partial charge in [-0.25, -0.2) is 4.90 Å². The predicted molar refractivity (Wildman–Crippen MR) is 130 cm³/mol. The summed E-state index contributed by atoms with van der Waals surface area (Å²) < 4.78 is 11.0. The van der Waals surface area contributed by atoms with Gasteiger partial charge in [-0.05, 0) is 43.3 Å². The predicted octanol–water partition coefficient (Wildman–Crippen LogP) is 3.50. The number of hydrogen-bond donors (Lipinski definition) is 1. The van der Waals surface area contributed by atoms with Crippen LogP contribution in [0.4, 0.5) is 11.4 Å². The van der Waals surface area contributed by atoms with Crippen molar-refractivity contribution in [3.05, 3.63) is 95.7 Å². The molecule has 176 valence electrons. The average Bonchev–Trinajstić information content (AvgIpc) is 3.41. The van der Waals surface area contributed by atoms with Gasteiger partial charge in [-0.1, -0.05) is 42.5 Å². The van der Waals surface area contributed by atoms with Crippen molar-refractivity contribution in [2.45, 2.75) is 13.0 Å². The Bertz CT molecular complexity index is 1330. The Morgan fingerprint density at radius 2 is 1.63 bits per heavy atom. The van der Waals surface area contributed by atoms with Gasteiger partial charge in [0.25, 0.3) is 11.8 Å². The second kappa shape index (κ2) is 8.98. The molecule has 35 heavy (non-hydrogen) atoms. The molecular weight excluding hydrogens is 446 g/mol. The summed E-state index contributed by atoms with van der Waals surface area (Å²) in [6, 6.07) is 21.4. The Morgan fingerprint density at radius 3 is 2.31 bits per heavy atom. The molecule has 0 spiro atoms. The summed E-state index contributed by atoms with van der Waals surface area (Å²) in [5.41, 5.74) is 4.54. The molecule has 2 amide bonds. The molecule has 1 unspecified atom stereocenters. The van der Waals surface area contributed by atoms with Gasteiger partial charge < -0.3 is 9.47 Å². The van der Waals surface area contributed by atoms with Gasteiger partial charge in [0.05, 0.1) is 25.0 Å². The highest BCUT2D eigenvalue weighted by atomic mass is 16.5. The Labute approximate surface area is 202 Å². The van der Waals surface area contributed by atoms with Crippen molar-refractivity contribution in [1.82, 2.24) is 5.43 Å². The lowest BCUT2D eigenvalue weighted by Crippen LogP contribution is -2.46. The van der Waals surface area contributed by atoms with Crippen molar-refractivity contribution < 1.29 is 23.9 Å². The van der Waals surface area contributed by atoms with Gasteiger partial charge >= 0.3 is 0 Å². The van der Waals surface area contributed by atoms with Gasteiger partial charge in [-0.3, -0.25) is 24.8 Å². The Morgan fingerprint density at radius 1 is 0.943 bits per heavy atom. The van der Waals surface area contributed by atoms with Crippen LogP contribution >= 0.6 is 0 Å². The largest absolute Gasteiger partial charge is 0.495 e. The van der Waals surface area contributed by atoms with Crippen molar-refractivity contribution in [3.63, 3.8) is 0 Å². The number of ketones is 1. The maximum absolute atomic E-state index is 13.7. The summed E-state index contributed by atoms with van der Waals surface area (Å²) in [6.07, 6.45) is 0. The second-order valence-electron chi connectivity index (χ2n) is 7.95. The average molecular weight is 469 g/mol. The molecule has 0 aliphatic carbocycles. The lowest BCUT2D eigenvalue weighted by atomic mass is 10.0. The number of hydrogen-bond acceptors (Lipinski definition) is 7. The first kappa shape index (κ1) is 22.2. The van der Waals surface area contributed by atoms with Gasteiger partial charge in [0.1, 0.15) is 22.9 Å². The number of para-hydroxylation sites is 2. The summed E-state index contributed by atoms with van der Waals surface area (Å²) in [5.74, 6) is -0.269. The van der Waals surface area contributed by atoms with E-state index in [-0.39, 0.29) is 17.1 Å². The van der Waals surface area contributed by atoms with Crippen molar-refractivity contribution in [2.24, 2.45) is 0 Å². The molecule has 3 aromatic carbocycles. The maximum atomic E-state index is 13.7. The third-order valence-electron chi connectivity index (χ3n) is 5.93. The number of hydrazine groups is 1. The normalized spacial score (nSPS) is 16.9. The highest BCUT2D eigenvalue weighted by molar-refractivity contribution is 6.35. The molecule has 2 aliphatic rings. The molecule has 8 nitrogen and oxygen atoms in total. The molecule has 0 bridgehead atoms. The molecule has 8 heteroatoms. The first-order chi connectivity index (χ1) is 17.0. The molecule has 0 saturated carbocycles. The number of ether oxygens (including phenoxy) is 2. The quantitative estimate of drug-likeness (QED) is 0.419. The number of anilines is 2. The zero-order chi connectivity index (χ0) is 24.5. The lowest BCUT2D eigenvalue weighted by Gasteiger charge is -2.27. The highest BCUT2D eigenvalue weighted by Crippen LogP contribution is 2.40. The minimum Gasteiger partial charge on any atom is -0.495 e. The van der Waals surface area contributed by atoms with Crippen LogP contribution in [0.1, 0.15) is 17.3 Å². The minimum atomic E-state index is -1.03. The van der Waals surface area contributed by atoms with Gasteiger partial charge in [-0.2, -0.15) is 0 Å². The van der Waals surface area contributed by atoms with Crippen LogP contribution in [0.5, 0.6) is 11.5 Å². The van der Waals surface area contributed by atoms with E-state index in [1.807, 2.05) is 6.92 Å². The number of methoxy groups -OCH3 is 1. The molecule has 0 aromatic heterocycles. The van der Waals surface area contributed by atoms with Crippen molar-refractivity contribution in [1.29, 1.82) is 0 Å². The monoisotopic (exact) mass is 469 g/mol. The lowest BCUT2D eigenvalue weighted by molar-refractivity contribution is -0.121.